The lowest BCUT2D eigenvalue weighted by Gasteiger charge is -2.22. The number of hydrogen-bond acceptors (Lipinski definition) is 2. The van der Waals surface area contributed by atoms with Crippen molar-refractivity contribution in [3.05, 3.63) is 188 Å². The van der Waals surface area contributed by atoms with E-state index in [0.717, 1.165) is 10.5 Å². The van der Waals surface area contributed by atoms with Crippen LogP contribution in [-0.2, 0) is 0 Å². The summed E-state index contributed by atoms with van der Waals surface area (Å²) in [5.41, 5.74) is 9.68. The van der Waals surface area contributed by atoms with Crippen LogP contribution in [0.5, 0.6) is 0 Å². The second-order valence-electron chi connectivity index (χ2n) is 14.6. The summed E-state index contributed by atoms with van der Waals surface area (Å²) in [6, 6.07) is 69.4. The zero-order valence-corrected chi connectivity index (χ0v) is 30.6. The SMILES string of the molecule is c1ccc2c(-c3cc(-c4nc5ccccc5s4)c4ccc5c(-c6cccc7ccccc67)cc(-c6cccc7ccccc67)c6ccc3c4c56)cccc2c1. The third-order valence-corrected chi connectivity index (χ3v) is 12.7. The van der Waals surface area contributed by atoms with Gasteiger partial charge in [0, 0.05) is 5.56 Å². The van der Waals surface area contributed by atoms with Gasteiger partial charge >= 0.3 is 0 Å². The Kier molecular flexibility index (Phi) is 6.57. The van der Waals surface area contributed by atoms with E-state index in [4.69, 9.17) is 4.98 Å². The van der Waals surface area contributed by atoms with Crippen LogP contribution in [0, 0.1) is 0 Å². The molecule has 55 heavy (non-hydrogen) atoms. The molecule has 1 aromatic heterocycles. The third kappa shape index (κ3) is 4.56. The van der Waals surface area contributed by atoms with Crippen molar-refractivity contribution in [2.75, 3.05) is 0 Å². The number of aromatic nitrogens is 1. The molecule has 0 saturated heterocycles. The number of benzene rings is 11. The Morgan fingerprint density at radius 2 is 0.673 bits per heavy atom. The van der Waals surface area contributed by atoms with Crippen LogP contribution in [0.2, 0.25) is 0 Å². The third-order valence-electron chi connectivity index (χ3n) is 11.7. The predicted molar refractivity (Wildman–Crippen MR) is 238 cm³/mol. The van der Waals surface area contributed by atoms with E-state index in [1.54, 1.807) is 11.3 Å². The maximum Gasteiger partial charge on any atom is 0.125 e. The maximum atomic E-state index is 5.28. The Balaban J connectivity index is 1.29. The molecule has 1 heterocycles. The van der Waals surface area contributed by atoms with Gasteiger partial charge in [0.15, 0.2) is 0 Å². The molecule has 0 aliphatic carbocycles. The molecule has 0 aliphatic heterocycles. The van der Waals surface area contributed by atoms with Crippen LogP contribution in [0.15, 0.2) is 188 Å². The molecule has 0 amide bonds. The quantitative estimate of drug-likeness (QED) is 0.166. The van der Waals surface area contributed by atoms with Gasteiger partial charge in [-0.15, -0.1) is 11.3 Å². The average molecular weight is 714 g/mol. The van der Waals surface area contributed by atoms with Gasteiger partial charge in [-0.1, -0.05) is 164 Å². The topological polar surface area (TPSA) is 12.9 Å². The zero-order chi connectivity index (χ0) is 36.0. The van der Waals surface area contributed by atoms with E-state index in [9.17, 15) is 0 Å². The Morgan fingerprint density at radius 3 is 1.15 bits per heavy atom. The highest BCUT2D eigenvalue weighted by molar-refractivity contribution is 7.21. The molecule has 12 rings (SSSR count). The van der Waals surface area contributed by atoms with Gasteiger partial charge in [-0.05, 0) is 122 Å². The van der Waals surface area contributed by atoms with Crippen molar-refractivity contribution in [1.82, 2.24) is 4.98 Å². The summed E-state index contributed by atoms with van der Waals surface area (Å²) in [7, 11) is 0. The molecule has 0 unspecified atom stereocenters. The Hall–Kier alpha value is -6.87. The smallest absolute Gasteiger partial charge is 0.125 e. The van der Waals surface area contributed by atoms with Crippen LogP contribution in [-0.4, -0.2) is 4.98 Å². The van der Waals surface area contributed by atoms with Crippen molar-refractivity contribution in [1.29, 1.82) is 0 Å². The molecule has 0 bridgehead atoms. The molecule has 12 aromatic rings. The molecule has 2 heteroatoms. The van der Waals surface area contributed by atoms with Gasteiger partial charge in [0.2, 0.25) is 0 Å². The lowest BCUT2D eigenvalue weighted by atomic mass is 9.81. The zero-order valence-electron chi connectivity index (χ0n) is 29.8. The second-order valence-corrected chi connectivity index (χ2v) is 15.6. The van der Waals surface area contributed by atoms with Crippen molar-refractivity contribution in [2.24, 2.45) is 0 Å². The highest BCUT2D eigenvalue weighted by atomic mass is 32.1. The molecular weight excluding hydrogens is 683 g/mol. The van der Waals surface area contributed by atoms with E-state index < -0.39 is 0 Å². The van der Waals surface area contributed by atoms with E-state index in [0.29, 0.717) is 0 Å². The minimum Gasteiger partial charge on any atom is -0.236 e. The van der Waals surface area contributed by atoms with Crippen molar-refractivity contribution < 1.29 is 0 Å². The first-order chi connectivity index (χ1) is 27.3. The fourth-order valence-electron chi connectivity index (χ4n) is 9.21. The monoisotopic (exact) mass is 713 g/mol. The van der Waals surface area contributed by atoms with E-state index in [-0.39, 0.29) is 0 Å². The first-order valence-electron chi connectivity index (χ1n) is 18.9. The molecule has 11 aromatic carbocycles. The molecule has 0 radical (unpaired) electrons. The molecule has 0 spiro atoms. The summed E-state index contributed by atoms with van der Waals surface area (Å²) >= 11 is 1.78. The van der Waals surface area contributed by atoms with E-state index in [2.05, 4.69) is 188 Å². The molecule has 0 aliphatic rings. The highest BCUT2D eigenvalue weighted by Gasteiger charge is 2.23. The highest BCUT2D eigenvalue weighted by Crippen LogP contribution is 2.50. The van der Waals surface area contributed by atoms with Gasteiger partial charge in [0.05, 0.1) is 10.2 Å². The number of thiazole rings is 1. The van der Waals surface area contributed by atoms with Crippen LogP contribution in [0.4, 0.5) is 0 Å². The first kappa shape index (κ1) is 30.6. The fourth-order valence-corrected chi connectivity index (χ4v) is 10.2. The van der Waals surface area contributed by atoms with Crippen LogP contribution < -0.4 is 0 Å². The summed E-state index contributed by atoms with van der Waals surface area (Å²) in [6.45, 7) is 0. The molecule has 1 nitrogen and oxygen atoms in total. The Morgan fingerprint density at radius 1 is 0.291 bits per heavy atom. The summed E-state index contributed by atoms with van der Waals surface area (Å²) in [6.07, 6.45) is 0. The van der Waals surface area contributed by atoms with Crippen LogP contribution in [0.1, 0.15) is 0 Å². The number of nitrogens with zero attached hydrogens (tertiary/aromatic N) is 1. The first-order valence-corrected chi connectivity index (χ1v) is 19.7. The van der Waals surface area contributed by atoms with Gasteiger partial charge in [-0.25, -0.2) is 4.98 Å². The molecule has 0 saturated carbocycles. The molecular formula is C53H31NS. The largest absolute Gasteiger partial charge is 0.236 e. The number of rotatable bonds is 4. The Bertz CT molecular complexity index is 3350. The van der Waals surface area contributed by atoms with Crippen LogP contribution in [0.25, 0.3) is 119 Å². The lowest BCUT2D eigenvalue weighted by Crippen LogP contribution is -1.95. The van der Waals surface area contributed by atoms with Crippen molar-refractivity contribution in [3.8, 4) is 44.0 Å². The minimum absolute atomic E-state index is 1.04. The molecule has 0 fully saturated rings. The normalized spacial score (nSPS) is 12.0. The molecule has 0 atom stereocenters. The van der Waals surface area contributed by atoms with Crippen LogP contribution in [0.3, 0.4) is 0 Å². The van der Waals surface area contributed by atoms with Crippen molar-refractivity contribution in [2.45, 2.75) is 0 Å². The summed E-state index contributed by atoms with van der Waals surface area (Å²) in [5, 5.41) is 16.1. The summed E-state index contributed by atoms with van der Waals surface area (Å²) in [5.74, 6) is 0. The maximum absolute atomic E-state index is 5.28. The molecule has 254 valence electrons. The standard InChI is InChI=1S/C53H31NS/c1-4-18-35-32(12-1)15-9-21-38(35)45-30-46(39-22-10-16-33-13-2-5-19-36(33)39)42-28-29-44-48(53-54-49-24-7-8-25-50(49)55-53)31-47(43-27-26-41(45)51(42)52(43)44)40-23-11-17-34-14-3-6-20-37(34)40/h1-31H. The lowest BCUT2D eigenvalue weighted by molar-refractivity contribution is 1.49. The van der Waals surface area contributed by atoms with Gasteiger partial charge in [-0.2, -0.15) is 0 Å². The average Bonchev–Trinajstić information content (AvgIpc) is 3.69. The van der Waals surface area contributed by atoms with Gasteiger partial charge in [-0.3, -0.25) is 0 Å². The number of para-hydroxylation sites is 1. The minimum atomic E-state index is 1.04. The van der Waals surface area contributed by atoms with Crippen molar-refractivity contribution >= 4 is 86.2 Å². The fraction of sp³-hybridized carbons (Fsp3) is 0. The molecule has 0 N–H and O–H groups in total. The van der Waals surface area contributed by atoms with Gasteiger partial charge in [0.1, 0.15) is 5.01 Å². The van der Waals surface area contributed by atoms with Crippen LogP contribution >= 0.6 is 11.3 Å². The van der Waals surface area contributed by atoms with Crippen molar-refractivity contribution in [3.63, 3.8) is 0 Å². The van der Waals surface area contributed by atoms with E-state index in [1.807, 2.05) is 0 Å². The second kappa shape index (κ2) is 11.8. The van der Waals surface area contributed by atoms with Gasteiger partial charge < -0.3 is 0 Å². The summed E-state index contributed by atoms with van der Waals surface area (Å²) < 4.78 is 1.20. The van der Waals surface area contributed by atoms with Gasteiger partial charge in [0.25, 0.3) is 0 Å². The van der Waals surface area contributed by atoms with E-state index >= 15 is 0 Å². The van der Waals surface area contributed by atoms with E-state index in [1.165, 1.54) is 108 Å². The number of fused-ring (bicyclic) bond motifs is 4. The summed E-state index contributed by atoms with van der Waals surface area (Å²) in [4.78, 5) is 5.28. The predicted octanol–water partition coefficient (Wildman–Crippen LogP) is 15.3. The number of hydrogen-bond donors (Lipinski definition) is 0. The Labute approximate surface area is 321 Å².